The topological polar surface area (TPSA) is 73.0 Å². The van der Waals surface area contributed by atoms with Crippen LogP contribution in [0, 0.1) is 0 Å². The van der Waals surface area contributed by atoms with Gasteiger partial charge < -0.3 is 9.73 Å². The Hall–Kier alpha value is -3.38. The van der Waals surface area contributed by atoms with E-state index < -0.39 is 0 Å². The van der Waals surface area contributed by atoms with Gasteiger partial charge in [-0.3, -0.25) is 4.79 Å². The summed E-state index contributed by atoms with van der Waals surface area (Å²) < 4.78 is 6.68. The van der Waals surface area contributed by atoms with Gasteiger partial charge in [-0.1, -0.05) is 41.9 Å². The van der Waals surface area contributed by atoms with Crippen LogP contribution in [0.4, 0.5) is 5.95 Å². The quantitative estimate of drug-likeness (QED) is 0.463. The van der Waals surface area contributed by atoms with Gasteiger partial charge in [0.15, 0.2) is 5.82 Å². The molecule has 146 valence electrons. The molecule has 1 N–H and O–H groups in total. The zero-order valence-electron chi connectivity index (χ0n) is 15.6. The number of nitrogens with one attached hydrogen (secondary N) is 1. The Balaban J connectivity index is 1.57. The van der Waals surface area contributed by atoms with Gasteiger partial charge in [0.05, 0.1) is 12.8 Å². The minimum Gasteiger partial charge on any atom is -0.467 e. The van der Waals surface area contributed by atoms with Crippen molar-refractivity contribution in [1.82, 2.24) is 14.8 Å². The highest BCUT2D eigenvalue weighted by Gasteiger charge is 2.17. The van der Waals surface area contributed by atoms with Crippen LogP contribution in [0.15, 0.2) is 77.4 Å². The highest BCUT2D eigenvalue weighted by molar-refractivity contribution is 6.30. The number of nitrogens with zero attached hydrogens (tertiary/aromatic N) is 3. The number of carbonyl (C=O) groups excluding carboxylic acids is 1. The molecular formula is C22H19ClN4O2. The molecule has 2 heterocycles. The number of hydrogen-bond donors (Lipinski definition) is 1. The minimum atomic E-state index is -0.136. The van der Waals surface area contributed by atoms with Crippen molar-refractivity contribution >= 4 is 23.5 Å². The van der Waals surface area contributed by atoms with Gasteiger partial charge in [-0.25, -0.2) is 0 Å². The Morgan fingerprint density at radius 3 is 2.55 bits per heavy atom. The Bertz CT molecular complexity index is 1070. The first-order chi connectivity index (χ1) is 14.2. The van der Waals surface area contributed by atoms with E-state index in [4.69, 9.17) is 16.0 Å². The first-order valence-corrected chi connectivity index (χ1v) is 9.63. The van der Waals surface area contributed by atoms with Crippen LogP contribution in [0.3, 0.4) is 0 Å². The molecule has 0 fully saturated rings. The molecule has 0 saturated carbocycles. The number of benzene rings is 2. The molecular weight excluding hydrogens is 388 g/mol. The monoisotopic (exact) mass is 406 g/mol. The fraction of sp³-hybridized carbons (Fsp3) is 0.136. The summed E-state index contributed by atoms with van der Waals surface area (Å²) in [5, 5.41) is 8.22. The normalized spacial score (nSPS) is 10.8. The van der Waals surface area contributed by atoms with Crippen molar-refractivity contribution in [2.45, 2.75) is 19.4 Å². The number of furan rings is 1. The van der Waals surface area contributed by atoms with Gasteiger partial charge in [-0.05, 0) is 48.4 Å². The van der Waals surface area contributed by atoms with Crippen molar-refractivity contribution < 1.29 is 9.21 Å². The Morgan fingerprint density at radius 2 is 1.83 bits per heavy atom. The van der Waals surface area contributed by atoms with E-state index in [1.165, 1.54) is 4.68 Å². The highest BCUT2D eigenvalue weighted by atomic mass is 35.5. The zero-order valence-corrected chi connectivity index (χ0v) is 16.3. The van der Waals surface area contributed by atoms with Crippen molar-refractivity contribution in [2.24, 2.45) is 0 Å². The van der Waals surface area contributed by atoms with Crippen LogP contribution >= 0.6 is 11.6 Å². The standard InChI is InChI=1S/C22H19ClN4O2/c23-18-11-9-17(10-12-18)21-25-22(24-15-19-7-4-14-29-19)27(26-21)20(28)13-8-16-5-2-1-3-6-16/h1-7,9-12,14H,8,13,15H2,(H,24,25,26). The Kier molecular flexibility index (Phi) is 5.72. The smallest absolute Gasteiger partial charge is 0.250 e. The van der Waals surface area contributed by atoms with E-state index in [9.17, 15) is 4.79 Å². The molecule has 6 nitrogen and oxygen atoms in total. The fourth-order valence-electron chi connectivity index (χ4n) is 2.90. The average Bonchev–Trinajstić information content (AvgIpc) is 3.42. The van der Waals surface area contributed by atoms with Gasteiger partial charge in [-0.15, -0.1) is 5.10 Å². The summed E-state index contributed by atoms with van der Waals surface area (Å²) in [6, 6.07) is 20.7. The van der Waals surface area contributed by atoms with Crippen LogP contribution in [0.5, 0.6) is 0 Å². The van der Waals surface area contributed by atoms with Gasteiger partial charge in [0.25, 0.3) is 0 Å². The second kappa shape index (κ2) is 8.75. The maximum Gasteiger partial charge on any atom is 0.250 e. The van der Waals surface area contributed by atoms with Crippen molar-refractivity contribution in [3.8, 4) is 11.4 Å². The molecule has 0 aliphatic carbocycles. The maximum atomic E-state index is 12.9. The van der Waals surface area contributed by atoms with Gasteiger partial charge in [0.1, 0.15) is 5.76 Å². The third kappa shape index (κ3) is 4.73. The summed E-state index contributed by atoms with van der Waals surface area (Å²) in [6.07, 6.45) is 2.56. The number of anilines is 1. The summed E-state index contributed by atoms with van der Waals surface area (Å²) in [4.78, 5) is 17.4. The number of aryl methyl sites for hydroxylation is 1. The van der Waals surface area contributed by atoms with Crippen molar-refractivity contribution in [3.05, 3.63) is 89.3 Å². The lowest BCUT2D eigenvalue weighted by molar-refractivity contribution is 0.0889. The number of carbonyl (C=O) groups is 1. The molecule has 0 saturated heterocycles. The fourth-order valence-corrected chi connectivity index (χ4v) is 3.03. The number of halogens is 1. The lowest BCUT2D eigenvalue weighted by atomic mass is 10.1. The first kappa shape index (κ1) is 19.0. The van der Waals surface area contributed by atoms with Crippen LogP contribution in [0.25, 0.3) is 11.4 Å². The SMILES string of the molecule is O=C(CCc1ccccc1)n1nc(-c2ccc(Cl)cc2)nc1NCc1ccco1. The van der Waals surface area contributed by atoms with Crippen molar-refractivity contribution in [1.29, 1.82) is 0 Å². The predicted octanol–water partition coefficient (Wildman–Crippen LogP) is 5.08. The maximum absolute atomic E-state index is 12.9. The van der Waals surface area contributed by atoms with Gasteiger partial charge in [0, 0.05) is 17.0 Å². The van der Waals surface area contributed by atoms with Crippen molar-refractivity contribution in [2.75, 3.05) is 5.32 Å². The Labute approximate surface area is 173 Å². The summed E-state index contributed by atoms with van der Waals surface area (Å²) >= 11 is 5.97. The van der Waals surface area contributed by atoms with E-state index in [1.54, 1.807) is 18.4 Å². The Morgan fingerprint density at radius 1 is 1.03 bits per heavy atom. The molecule has 4 aromatic rings. The largest absolute Gasteiger partial charge is 0.467 e. The molecule has 2 aromatic heterocycles. The molecule has 0 aliphatic rings. The second-order valence-electron chi connectivity index (χ2n) is 6.49. The van der Waals surface area contributed by atoms with E-state index >= 15 is 0 Å². The predicted molar refractivity (Wildman–Crippen MR) is 112 cm³/mol. The summed E-state index contributed by atoms with van der Waals surface area (Å²) in [5.74, 6) is 1.44. The molecule has 0 unspecified atom stereocenters. The summed E-state index contributed by atoms with van der Waals surface area (Å²) in [7, 11) is 0. The van der Waals surface area contributed by atoms with Crippen LogP contribution in [-0.4, -0.2) is 20.7 Å². The van der Waals surface area contributed by atoms with E-state index in [0.29, 0.717) is 36.2 Å². The molecule has 0 atom stereocenters. The molecule has 0 aliphatic heterocycles. The lowest BCUT2D eigenvalue weighted by Crippen LogP contribution is -2.17. The molecule has 7 heteroatoms. The highest BCUT2D eigenvalue weighted by Crippen LogP contribution is 2.21. The number of rotatable bonds is 7. The molecule has 29 heavy (non-hydrogen) atoms. The van der Waals surface area contributed by atoms with Gasteiger partial charge in [0.2, 0.25) is 11.9 Å². The molecule has 2 aromatic carbocycles. The van der Waals surface area contributed by atoms with Gasteiger partial charge >= 0.3 is 0 Å². The van der Waals surface area contributed by atoms with Crippen LogP contribution in [-0.2, 0) is 13.0 Å². The first-order valence-electron chi connectivity index (χ1n) is 9.25. The molecule has 0 amide bonds. The number of hydrogen-bond acceptors (Lipinski definition) is 5. The van der Waals surface area contributed by atoms with Crippen LogP contribution < -0.4 is 5.32 Å². The van der Waals surface area contributed by atoms with Crippen LogP contribution in [0.2, 0.25) is 5.02 Å². The average molecular weight is 407 g/mol. The second-order valence-corrected chi connectivity index (χ2v) is 6.93. The van der Waals surface area contributed by atoms with E-state index in [1.807, 2.05) is 54.6 Å². The van der Waals surface area contributed by atoms with E-state index in [2.05, 4.69) is 15.4 Å². The molecule has 0 radical (unpaired) electrons. The molecule has 0 spiro atoms. The van der Waals surface area contributed by atoms with Crippen molar-refractivity contribution in [3.63, 3.8) is 0 Å². The van der Waals surface area contributed by atoms with E-state index in [0.717, 1.165) is 16.9 Å². The zero-order chi connectivity index (χ0) is 20.1. The minimum absolute atomic E-state index is 0.136. The molecule has 4 rings (SSSR count). The van der Waals surface area contributed by atoms with Gasteiger partial charge in [-0.2, -0.15) is 9.67 Å². The summed E-state index contributed by atoms with van der Waals surface area (Å²) in [5.41, 5.74) is 1.88. The van der Waals surface area contributed by atoms with E-state index in [-0.39, 0.29) is 5.91 Å². The third-order valence-corrected chi connectivity index (χ3v) is 4.67. The lowest BCUT2D eigenvalue weighted by Gasteiger charge is -2.06. The molecule has 0 bridgehead atoms. The number of aromatic nitrogens is 3. The van der Waals surface area contributed by atoms with Crippen LogP contribution in [0.1, 0.15) is 22.5 Å². The summed E-state index contributed by atoms with van der Waals surface area (Å²) in [6.45, 7) is 0.401. The third-order valence-electron chi connectivity index (χ3n) is 4.42.